The van der Waals surface area contributed by atoms with E-state index in [2.05, 4.69) is 10.6 Å². The molecule has 2 aliphatic heterocycles. The van der Waals surface area contributed by atoms with Crippen LogP contribution >= 0.6 is 0 Å². The van der Waals surface area contributed by atoms with Crippen molar-refractivity contribution in [3.8, 4) is 0 Å². The van der Waals surface area contributed by atoms with Crippen molar-refractivity contribution >= 4 is 23.8 Å². The molecule has 2 aliphatic rings. The van der Waals surface area contributed by atoms with Gasteiger partial charge in [0, 0.05) is 26.5 Å². The quantitative estimate of drug-likeness (QED) is 0.656. The molecule has 2 unspecified atom stereocenters. The van der Waals surface area contributed by atoms with Crippen molar-refractivity contribution in [3.63, 3.8) is 0 Å². The highest BCUT2D eigenvalue weighted by Crippen LogP contribution is 2.18. The van der Waals surface area contributed by atoms with Crippen LogP contribution in [-0.4, -0.2) is 55.2 Å². The molecule has 9 nitrogen and oxygen atoms in total. The Morgan fingerprint density at radius 2 is 1.92 bits per heavy atom. The first-order valence-electron chi connectivity index (χ1n) is 8.14. The molecule has 138 valence electrons. The number of ether oxygens (including phenoxy) is 3. The molecule has 0 radical (unpaired) electrons. The minimum atomic E-state index is -0.932. The van der Waals surface area contributed by atoms with Crippen LogP contribution in [0.4, 0.5) is 0 Å². The van der Waals surface area contributed by atoms with E-state index in [-0.39, 0.29) is 18.3 Å². The van der Waals surface area contributed by atoms with Crippen LogP contribution in [0, 0.1) is 0 Å². The van der Waals surface area contributed by atoms with Crippen molar-refractivity contribution in [2.45, 2.75) is 51.4 Å². The fraction of sp³-hybridized carbons (Fsp3) is 0.625. The lowest BCUT2D eigenvalue weighted by molar-refractivity contribution is -0.167. The fourth-order valence-electron chi connectivity index (χ4n) is 2.63. The Labute approximate surface area is 145 Å². The van der Waals surface area contributed by atoms with Crippen LogP contribution in [0.5, 0.6) is 0 Å². The molecule has 0 spiro atoms. The maximum atomic E-state index is 12.4. The Kier molecular flexibility index (Phi) is 6.37. The van der Waals surface area contributed by atoms with E-state index in [1.54, 1.807) is 0 Å². The van der Waals surface area contributed by atoms with Crippen molar-refractivity contribution < 1.29 is 33.4 Å². The lowest BCUT2D eigenvalue weighted by Gasteiger charge is -2.29. The predicted octanol–water partition coefficient (Wildman–Crippen LogP) is -0.451. The van der Waals surface area contributed by atoms with Crippen molar-refractivity contribution in [1.82, 2.24) is 10.6 Å². The third-order valence-electron chi connectivity index (χ3n) is 3.77. The Balaban J connectivity index is 2.07. The van der Waals surface area contributed by atoms with E-state index < -0.39 is 36.1 Å². The van der Waals surface area contributed by atoms with Gasteiger partial charge in [0.2, 0.25) is 5.91 Å². The maximum Gasteiger partial charge on any atom is 0.303 e. The van der Waals surface area contributed by atoms with Crippen LogP contribution in [0.1, 0.15) is 33.1 Å². The Morgan fingerprint density at radius 1 is 1.20 bits per heavy atom. The Bertz CT molecular complexity index is 587. The highest BCUT2D eigenvalue weighted by atomic mass is 16.6. The maximum absolute atomic E-state index is 12.4. The van der Waals surface area contributed by atoms with Gasteiger partial charge in [-0.3, -0.25) is 19.2 Å². The number of carbonyl (C=O) groups is 4. The molecular formula is C16H22N2O7. The molecular weight excluding hydrogens is 332 g/mol. The summed E-state index contributed by atoms with van der Waals surface area (Å²) in [5, 5.41) is 5.34. The molecule has 3 atom stereocenters. The second kappa shape index (κ2) is 8.50. The smallest absolute Gasteiger partial charge is 0.303 e. The van der Waals surface area contributed by atoms with Crippen LogP contribution in [-0.2, 0) is 33.4 Å². The van der Waals surface area contributed by atoms with E-state index in [1.807, 2.05) is 0 Å². The highest BCUT2D eigenvalue weighted by Gasteiger charge is 2.34. The SMILES string of the molecule is CC(=O)OC1C=C(C(=O)N[C@H]2CCCCNC2=O)OCC1OC(C)=O. The van der Waals surface area contributed by atoms with Crippen LogP contribution in [0.15, 0.2) is 11.8 Å². The molecule has 2 rings (SSSR count). The summed E-state index contributed by atoms with van der Waals surface area (Å²) in [6.45, 7) is 2.89. The number of hydrogen-bond donors (Lipinski definition) is 2. The molecule has 9 heteroatoms. The molecule has 0 aromatic rings. The predicted molar refractivity (Wildman–Crippen MR) is 83.9 cm³/mol. The minimum Gasteiger partial charge on any atom is -0.484 e. The number of amides is 2. The van der Waals surface area contributed by atoms with Gasteiger partial charge >= 0.3 is 11.9 Å². The lowest BCUT2D eigenvalue weighted by atomic mass is 10.1. The number of carbonyl (C=O) groups excluding carboxylic acids is 4. The van der Waals surface area contributed by atoms with Crippen molar-refractivity contribution in [2.24, 2.45) is 0 Å². The van der Waals surface area contributed by atoms with E-state index >= 15 is 0 Å². The van der Waals surface area contributed by atoms with Crippen LogP contribution in [0.2, 0.25) is 0 Å². The largest absolute Gasteiger partial charge is 0.484 e. The van der Waals surface area contributed by atoms with E-state index in [1.165, 1.54) is 19.9 Å². The molecule has 2 amide bonds. The molecule has 0 saturated carbocycles. The molecule has 0 aliphatic carbocycles. The van der Waals surface area contributed by atoms with Gasteiger partial charge in [0.15, 0.2) is 18.0 Å². The van der Waals surface area contributed by atoms with Crippen molar-refractivity contribution in [1.29, 1.82) is 0 Å². The third kappa shape index (κ3) is 5.47. The normalized spacial score (nSPS) is 26.2. The lowest BCUT2D eigenvalue weighted by Crippen LogP contribution is -2.48. The minimum absolute atomic E-state index is 0.0771. The fourth-order valence-corrected chi connectivity index (χ4v) is 2.63. The summed E-state index contributed by atoms with van der Waals surface area (Å²) >= 11 is 0. The first-order chi connectivity index (χ1) is 11.9. The van der Waals surface area contributed by atoms with Gasteiger partial charge in [0.1, 0.15) is 12.6 Å². The third-order valence-corrected chi connectivity index (χ3v) is 3.77. The van der Waals surface area contributed by atoms with E-state index in [4.69, 9.17) is 14.2 Å². The van der Waals surface area contributed by atoms with Crippen LogP contribution in [0.3, 0.4) is 0 Å². The van der Waals surface area contributed by atoms with Gasteiger partial charge in [-0.25, -0.2) is 0 Å². The van der Waals surface area contributed by atoms with Gasteiger partial charge in [-0.15, -0.1) is 0 Å². The van der Waals surface area contributed by atoms with Gasteiger partial charge in [-0.05, 0) is 19.3 Å². The molecule has 0 bridgehead atoms. The summed E-state index contributed by atoms with van der Waals surface area (Å²) in [5.74, 6) is -2.03. The van der Waals surface area contributed by atoms with E-state index in [0.717, 1.165) is 12.8 Å². The molecule has 2 N–H and O–H groups in total. The Hall–Kier alpha value is -2.58. The summed E-state index contributed by atoms with van der Waals surface area (Å²) in [5.41, 5.74) is 0. The van der Waals surface area contributed by atoms with Crippen molar-refractivity contribution in [3.05, 3.63) is 11.8 Å². The average molecular weight is 354 g/mol. The summed E-state index contributed by atoms with van der Waals surface area (Å²) in [7, 11) is 0. The second-order valence-electron chi connectivity index (χ2n) is 5.88. The van der Waals surface area contributed by atoms with E-state index in [0.29, 0.717) is 13.0 Å². The second-order valence-corrected chi connectivity index (χ2v) is 5.88. The summed E-state index contributed by atoms with van der Waals surface area (Å²) < 4.78 is 15.4. The molecule has 0 aromatic carbocycles. The molecule has 2 heterocycles. The molecule has 25 heavy (non-hydrogen) atoms. The van der Waals surface area contributed by atoms with Crippen LogP contribution < -0.4 is 10.6 Å². The topological polar surface area (TPSA) is 120 Å². The zero-order valence-corrected chi connectivity index (χ0v) is 14.2. The van der Waals surface area contributed by atoms with Crippen molar-refractivity contribution in [2.75, 3.05) is 13.2 Å². The van der Waals surface area contributed by atoms with E-state index in [9.17, 15) is 19.2 Å². The number of esters is 2. The summed E-state index contributed by atoms with van der Waals surface area (Å²) in [6.07, 6.45) is 1.72. The summed E-state index contributed by atoms with van der Waals surface area (Å²) in [4.78, 5) is 46.6. The molecule has 0 aromatic heterocycles. The van der Waals surface area contributed by atoms with Gasteiger partial charge < -0.3 is 24.8 Å². The Morgan fingerprint density at radius 3 is 2.60 bits per heavy atom. The molecule has 1 saturated heterocycles. The molecule has 1 fully saturated rings. The number of nitrogens with one attached hydrogen (secondary N) is 2. The zero-order valence-electron chi connectivity index (χ0n) is 14.2. The number of rotatable bonds is 4. The van der Waals surface area contributed by atoms with Crippen LogP contribution in [0.25, 0.3) is 0 Å². The standard InChI is InChI=1S/C16H22N2O7/c1-9(19)24-12-7-13(23-8-14(12)25-10(2)20)16(22)18-11-5-3-4-6-17-15(11)21/h7,11-12,14H,3-6,8H2,1-2H3,(H,17,21)(H,18,22)/t11-,12?,14?/m0/s1. The zero-order chi connectivity index (χ0) is 18.4. The van der Waals surface area contributed by atoms with Gasteiger partial charge in [-0.2, -0.15) is 0 Å². The average Bonchev–Trinajstić information content (AvgIpc) is 2.73. The van der Waals surface area contributed by atoms with Gasteiger partial charge in [0.05, 0.1) is 0 Å². The summed E-state index contributed by atoms with van der Waals surface area (Å²) in [6, 6.07) is -0.641. The first kappa shape index (κ1) is 18.8. The highest BCUT2D eigenvalue weighted by molar-refractivity contribution is 5.95. The van der Waals surface area contributed by atoms with Gasteiger partial charge in [0.25, 0.3) is 5.91 Å². The first-order valence-corrected chi connectivity index (χ1v) is 8.14. The monoisotopic (exact) mass is 354 g/mol. The van der Waals surface area contributed by atoms with Gasteiger partial charge in [-0.1, -0.05) is 0 Å². The number of hydrogen-bond acceptors (Lipinski definition) is 7.